The number of aryl methyl sites for hydroxylation is 1. The third-order valence-electron chi connectivity index (χ3n) is 5.19. The normalized spacial score (nSPS) is 11.7. The maximum absolute atomic E-state index is 13.6. The van der Waals surface area contributed by atoms with Gasteiger partial charge in [-0.3, -0.25) is 4.79 Å². The van der Waals surface area contributed by atoms with Gasteiger partial charge in [0.2, 0.25) is 0 Å². The molecule has 0 atom stereocenters. The molecule has 38 heavy (non-hydrogen) atoms. The Morgan fingerprint density at radius 2 is 1.71 bits per heavy atom. The van der Waals surface area contributed by atoms with Gasteiger partial charge in [-0.1, -0.05) is 0 Å². The second-order valence-corrected chi connectivity index (χ2v) is 7.70. The molecule has 0 radical (unpaired) electrons. The maximum Gasteiger partial charge on any atom is 0.573 e. The number of alkyl halides is 6. The first-order valence-electron chi connectivity index (χ1n) is 10.8. The second kappa shape index (κ2) is 10.6. The predicted molar refractivity (Wildman–Crippen MR) is 120 cm³/mol. The monoisotopic (exact) mass is 546 g/mol. The number of pyridine rings is 2. The molecule has 0 aliphatic carbocycles. The Labute approximate surface area is 211 Å². The van der Waals surface area contributed by atoms with Crippen molar-refractivity contribution in [2.24, 2.45) is 0 Å². The standard InChI is InChI=1S/C24H20F6N2O6/c1-5-36-22(34)19-20(32-12(3)11(2)21(19)33)14-9-18(23(25,26)27)31-10-17(14)37-15-7-6-13(8-16(15)35-4)38-24(28,29)30/h6-10H,5H2,1-4H3,(H,32,33). The summed E-state index contributed by atoms with van der Waals surface area (Å²) in [5.74, 6) is -2.61. The Kier molecular flexibility index (Phi) is 7.93. The average Bonchev–Trinajstić information content (AvgIpc) is 2.82. The maximum atomic E-state index is 13.6. The van der Waals surface area contributed by atoms with Crippen molar-refractivity contribution in [3.63, 3.8) is 0 Å². The van der Waals surface area contributed by atoms with Gasteiger partial charge in [-0.25, -0.2) is 9.78 Å². The third kappa shape index (κ3) is 6.18. The van der Waals surface area contributed by atoms with E-state index >= 15 is 0 Å². The van der Waals surface area contributed by atoms with Crippen LogP contribution < -0.4 is 19.6 Å². The second-order valence-electron chi connectivity index (χ2n) is 7.70. The number of ether oxygens (including phenoxy) is 4. The SMILES string of the molecule is CCOC(=O)c1c(-c2cc(C(F)(F)F)ncc2Oc2ccc(OC(F)(F)F)cc2OC)[nH]c(C)c(C)c1=O. The van der Waals surface area contributed by atoms with Crippen LogP contribution in [0.2, 0.25) is 0 Å². The number of hydrogen-bond donors (Lipinski definition) is 1. The van der Waals surface area contributed by atoms with Crippen molar-refractivity contribution < 1.29 is 50.1 Å². The Balaban J connectivity index is 2.25. The van der Waals surface area contributed by atoms with E-state index in [1.165, 1.54) is 20.8 Å². The van der Waals surface area contributed by atoms with Crippen molar-refractivity contribution >= 4 is 5.97 Å². The number of benzene rings is 1. The molecule has 1 N–H and O–H groups in total. The Morgan fingerprint density at radius 1 is 1.03 bits per heavy atom. The van der Waals surface area contributed by atoms with Gasteiger partial charge < -0.3 is 23.9 Å². The highest BCUT2D eigenvalue weighted by atomic mass is 19.4. The van der Waals surface area contributed by atoms with Crippen molar-refractivity contribution in [1.82, 2.24) is 9.97 Å². The first-order chi connectivity index (χ1) is 17.7. The first kappa shape index (κ1) is 28.3. The molecule has 0 saturated heterocycles. The predicted octanol–water partition coefficient (Wildman–Crippen LogP) is 5.95. The van der Waals surface area contributed by atoms with Crippen LogP contribution in [0.4, 0.5) is 26.3 Å². The van der Waals surface area contributed by atoms with Gasteiger partial charge >= 0.3 is 18.5 Å². The van der Waals surface area contributed by atoms with Crippen LogP contribution in [0.5, 0.6) is 23.0 Å². The number of aromatic nitrogens is 2. The summed E-state index contributed by atoms with van der Waals surface area (Å²) in [5.41, 5.74) is -3.07. The van der Waals surface area contributed by atoms with Crippen molar-refractivity contribution in [3.8, 4) is 34.3 Å². The molecule has 3 rings (SSSR count). The van der Waals surface area contributed by atoms with E-state index in [1.807, 2.05) is 0 Å². The van der Waals surface area contributed by atoms with Crippen LogP contribution in [0, 0.1) is 13.8 Å². The van der Waals surface area contributed by atoms with Crippen molar-refractivity contribution in [2.75, 3.05) is 13.7 Å². The number of H-pyrrole nitrogens is 1. The summed E-state index contributed by atoms with van der Waals surface area (Å²) in [6, 6.07) is 3.33. The van der Waals surface area contributed by atoms with Crippen LogP contribution in [0.3, 0.4) is 0 Å². The highest BCUT2D eigenvalue weighted by molar-refractivity contribution is 5.97. The topological polar surface area (TPSA) is 99.7 Å². The number of halogens is 6. The Bertz CT molecular complexity index is 1420. The van der Waals surface area contributed by atoms with Crippen LogP contribution in [0.25, 0.3) is 11.3 Å². The van der Waals surface area contributed by atoms with Gasteiger partial charge in [0, 0.05) is 22.9 Å². The Morgan fingerprint density at radius 3 is 2.29 bits per heavy atom. The molecule has 8 nitrogen and oxygen atoms in total. The van der Waals surface area contributed by atoms with Gasteiger partial charge in [-0.05, 0) is 39.0 Å². The van der Waals surface area contributed by atoms with E-state index in [-0.39, 0.29) is 40.8 Å². The molecule has 3 aromatic rings. The van der Waals surface area contributed by atoms with E-state index in [4.69, 9.17) is 14.2 Å². The molecule has 1 aromatic carbocycles. The molecule has 0 bridgehead atoms. The number of nitrogens with one attached hydrogen (secondary N) is 1. The highest BCUT2D eigenvalue weighted by Crippen LogP contribution is 2.41. The molecule has 0 aliphatic rings. The minimum atomic E-state index is -4.99. The van der Waals surface area contributed by atoms with Crippen LogP contribution in [-0.2, 0) is 10.9 Å². The zero-order chi connectivity index (χ0) is 28.4. The first-order valence-corrected chi connectivity index (χ1v) is 10.8. The summed E-state index contributed by atoms with van der Waals surface area (Å²) in [5, 5.41) is 0. The molecule has 0 saturated carbocycles. The third-order valence-corrected chi connectivity index (χ3v) is 5.19. The van der Waals surface area contributed by atoms with Crippen LogP contribution in [0.1, 0.15) is 34.2 Å². The lowest BCUT2D eigenvalue weighted by Gasteiger charge is -2.18. The largest absolute Gasteiger partial charge is 0.573 e. The van der Waals surface area contributed by atoms with Gasteiger partial charge in [-0.15, -0.1) is 13.2 Å². The van der Waals surface area contributed by atoms with Gasteiger partial charge in [0.05, 0.1) is 25.6 Å². The molecule has 2 aromatic heterocycles. The van der Waals surface area contributed by atoms with E-state index < -0.39 is 46.5 Å². The van der Waals surface area contributed by atoms with Crippen molar-refractivity contribution in [3.05, 3.63) is 63.2 Å². The number of esters is 1. The molecule has 0 amide bonds. The summed E-state index contributed by atoms with van der Waals surface area (Å²) in [4.78, 5) is 31.8. The number of aromatic amines is 1. The number of methoxy groups -OCH3 is 1. The van der Waals surface area contributed by atoms with Crippen molar-refractivity contribution in [1.29, 1.82) is 0 Å². The molecule has 0 unspecified atom stereocenters. The number of rotatable bonds is 7. The fourth-order valence-electron chi connectivity index (χ4n) is 3.34. The minimum absolute atomic E-state index is 0.123. The minimum Gasteiger partial charge on any atom is -0.493 e. The summed E-state index contributed by atoms with van der Waals surface area (Å²) in [6.07, 6.45) is -9.21. The van der Waals surface area contributed by atoms with Gasteiger partial charge in [0.25, 0.3) is 0 Å². The highest BCUT2D eigenvalue weighted by Gasteiger charge is 2.35. The molecule has 0 fully saturated rings. The van der Waals surface area contributed by atoms with Crippen LogP contribution in [-0.4, -0.2) is 36.0 Å². The van der Waals surface area contributed by atoms with Gasteiger partial charge in [-0.2, -0.15) is 13.2 Å². The fraction of sp³-hybridized carbons (Fsp3) is 0.292. The van der Waals surface area contributed by atoms with E-state index in [2.05, 4.69) is 14.7 Å². The summed E-state index contributed by atoms with van der Waals surface area (Å²) in [7, 11) is 1.12. The smallest absolute Gasteiger partial charge is 0.493 e. The zero-order valence-electron chi connectivity index (χ0n) is 20.3. The van der Waals surface area contributed by atoms with E-state index in [9.17, 15) is 35.9 Å². The number of hydrogen-bond acceptors (Lipinski definition) is 7. The van der Waals surface area contributed by atoms with E-state index in [1.54, 1.807) is 0 Å². The van der Waals surface area contributed by atoms with Gasteiger partial charge in [0.15, 0.2) is 22.7 Å². The summed E-state index contributed by atoms with van der Waals surface area (Å²) in [6.45, 7) is 4.25. The molecule has 2 heterocycles. The summed E-state index contributed by atoms with van der Waals surface area (Å²) >= 11 is 0. The lowest BCUT2D eigenvalue weighted by atomic mass is 10.0. The van der Waals surface area contributed by atoms with Crippen molar-refractivity contribution in [2.45, 2.75) is 33.3 Å². The summed E-state index contributed by atoms with van der Waals surface area (Å²) < 4.78 is 97.9. The molecule has 0 aliphatic heterocycles. The van der Waals surface area contributed by atoms with E-state index in [0.717, 1.165) is 25.3 Å². The molecule has 14 heteroatoms. The number of nitrogens with zero attached hydrogens (tertiary/aromatic N) is 1. The molecular weight excluding hydrogens is 526 g/mol. The molecule has 204 valence electrons. The molecular formula is C24H20F6N2O6. The van der Waals surface area contributed by atoms with Crippen LogP contribution >= 0.6 is 0 Å². The number of carbonyl (C=O) groups excluding carboxylic acids is 1. The Hall–Kier alpha value is -4.23. The quantitative estimate of drug-likeness (QED) is 0.289. The number of carbonyl (C=O) groups is 1. The average molecular weight is 546 g/mol. The lowest BCUT2D eigenvalue weighted by molar-refractivity contribution is -0.274. The fourth-order valence-corrected chi connectivity index (χ4v) is 3.34. The molecule has 0 spiro atoms. The van der Waals surface area contributed by atoms with Gasteiger partial charge in [0.1, 0.15) is 17.0 Å². The lowest BCUT2D eigenvalue weighted by Crippen LogP contribution is -2.23. The zero-order valence-corrected chi connectivity index (χ0v) is 20.3. The van der Waals surface area contributed by atoms with Crippen LogP contribution in [0.15, 0.2) is 35.3 Å². The van der Waals surface area contributed by atoms with E-state index in [0.29, 0.717) is 12.3 Å².